The highest BCUT2D eigenvalue weighted by Crippen LogP contribution is 2.03. The SMILES string of the molecule is COc1nc(C)cc(=O)n1C/C=C/C(=O)O. The van der Waals surface area contributed by atoms with Crippen molar-refractivity contribution in [2.24, 2.45) is 0 Å². The quantitative estimate of drug-likeness (QED) is 0.739. The molecule has 1 aromatic rings. The zero-order valence-electron chi connectivity index (χ0n) is 9.01. The monoisotopic (exact) mass is 224 g/mol. The normalized spacial score (nSPS) is 10.6. The van der Waals surface area contributed by atoms with E-state index in [9.17, 15) is 9.59 Å². The first-order valence-electron chi connectivity index (χ1n) is 4.56. The minimum atomic E-state index is -1.06. The third-order valence-electron chi connectivity index (χ3n) is 1.83. The van der Waals surface area contributed by atoms with Gasteiger partial charge in [0.25, 0.3) is 11.6 Å². The molecule has 0 unspecified atom stereocenters. The molecule has 0 aliphatic carbocycles. The number of nitrogens with zero attached hydrogens (tertiary/aromatic N) is 2. The fraction of sp³-hybridized carbons (Fsp3) is 0.300. The standard InChI is InChI=1S/C10H12N2O4/c1-7-6-8(13)12(10(11-7)16-2)5-3-4-9(14)15/h3-4,6H,5H2,1-2H3,(H,14,15)/b4-3+. The Morgan fingerprint density at radius 3 is 2.94 bits per heavy atom. The van der Waals surface area contributed by atoms with Crippen LogP contribution in [-0.2, 0) is 11.3 Å². The van der Waals surface area contributed by atoms with Crippen molar-refractivity contribution in [1.29, 1.82) is 0 Å². The van der Waals surface area contributed by atoms with Crippen LogP contribution in [-0.4, -0.2) is 27.7 Å². The highest BCUT2D eigenvalue weighted by molar-refractivity contribution is 5.79. The summed E-state index contributed by atoms with van der Waals surface area (Å²) in [4.78, 5) is 25.8. The Morgan fingerprint density at radius 2 is 2.38 bits per heavy atom. The van der Waals surface area contributed by atoms with Crippen molar-refractivity contribution in [3.63, 3.8) is 0 Å². The minimum Gasteiger partial charge on any atom is -0.478 e. The largest absolute Gasteiger partial charge is 0.478 e. The van der Waals surface area contributed by atoms with Crippen molar-refractivity contribution in [2.45, 2.75) is 13.5 Å². The van der Waals surface area contributed by atoms with E-state index in [0.29, 0.717) is 5.69 Å². The zero-order valence-corrected chi connectivity index (χ0v) is 9.01. The summed E-state index contributed by atoms with van der Waals surface area (Å²) in [7, 11) is 1.40. The van der Waals surface area contributed by atoms with Crippen molar-refractivity contribution in [2.75, 3.05) is 7.11 Å². The number of allylic oxidation sites excluding steroid dienone is 1. The fourth-order valence-corrected chi connectivity index (χ4v) is 1.18. The third-order valence-corrected chi connectivity index (χ3v) is 1.83. The topological polar surface area (TPSA) is 81.4 Å². The maximum atomic E-state index is 11.6. The Bertz CT molecular complexity index is 476. The van der Waals surface area contributed by atoms with Crippen LogP contribution in [0, 0.1) is 6.92 Å². The lowest BCUT2D eigenvalue weighted by Crippen LogP contribution is -2.22. The van der Waals surface area contributed by atoms with Gasteiger partial charge in [0.15, 0.2) is 0 Å². The van der Waals surface area contributed by atoms with E-state index in [1.807, 2.05) is 0 Å². The van der Waals surface area contributed by atoms with Crippen LogP contribution >= 0.6 is 0 Å². The van der Waals surface area contributed by atoms with Crippen LogP contribution in [0.25, 0.3) is 0 Å². The summed E-state index contributed by atoms with van der Waals surface area (Å²) in [6.07, 6.45) is 2.31. The Hall–Kier alpha value is -2.11. The van der Waals surface area contributed by atoms with E-state index >= 15 is 0 Å². The highest BCUT2D eigenvalue weighted by atomic mass is 16.5. The summed E-state index contributed by atoms with van der Waals surface area (Å²) in [6, 6.07) is 1.52. The van der Waals surface area contributed by atoms with Gasteiger partial charge in [-0.3, -0.25) is 9.36 Å². The van der Waals surface area contributed by atoms with Gasteiger partial charge in [-0.25, -0.2) is 9.78 Å². The molecule has 0 spiro atoms. The van der Waals surface area contributed by atoms with E-state index in [1.165, 1.54) is 23.8 Å². The van der Waals surface area contributed by atoms with Crippen molar-refractivity contribution in [3.8, 4) is 6.01 Å². The van der Waals surface area contributed by atoms with E-state index in [1.54, 1.807) is 6.92 Å². The van der Waals surface area contributed by atoms with Gasteiger partial charge in [-0.2, -0.15) is 0 Å². The summed E-state index contributed by atoms with van der Waals surface area (Å²) in [6.45, 7) is 1.79. The molecule has 1 N–H and O–H groups in total. The van der Waals surface area contributed by atoms with E-state index in [-0.39, 0.29) is 18.1 Å². The summed E-state index contributed by atoms with van der Waals surface area (Å²) < 4.78 is 6.18. The molecule has 16 heavy (non-hydrogen) atoms. The van der Waals surface area contributed by atoms with E-state index < -0.39 is 5.97 Å². The third kappa shape index (κ3) is 2.94. The number of ether oxygens (including phenoxy) is 1. The average molecular weight is 224 g/mol. The first-order chi connectivity index (χ1) is 7.54. The summed E-state index contributed by atoms with van der Waals surface area (Å²) in [5.41, 5.74) is 0.278. The summed E-state index contributed by atoms with van der Waals surface area (Å²) in [5, 5.41) is 8.41. The first-order valence-corrected chi connectivity index (χ1v) is 4.56. The van der Waals surface area contributed by atoms with Gasteiger partial charge >= 0.3 is 5.97 Å². The molecule has 0 aromatic carbocycles. The number of carboxylic acids is 1. The van der Waals surface area contributed by atoms with E-state index in [4.69, 9.17) is 9.84 Å². The van der Waals surface area contributed by atoms with Gasteiger partial charge in [-0.1, -0.05) is 6.08 Å². The zero-order chi connectivity index (χ0) is 12.1. The van der Waals surface area contributed by atoms with Crippen LogP contribution in [0.15, 0.2) is 23.0 Å². The molecule has 0 aliphatic heterocycles. The molecule has 0 saturated carbocycles. The Labute approximate surface area is 91.8 Å². The van der Waals surface area contributed by atoms with Crippen molar-refractivity contribution in [1.82, 2.24) is 9.55 Å². The predicted molar refractivity (Wildman–Crippen MR) is 56.6 cm³/mol. The molecule has 0 saturated heterocycles. The van der Waals surface area contributed by atoms with Crippen LogP contribution in [0.1, 0.15) is 5.69 Å². The average Bonchev–Trinajstić information content (AvgIpc) is 2.20. The number of hydrogen-bond acceptors (Lipinski definition) is 4. The van der Waals surface area contributed by atoms with Gasteiger partial charge in [-0.15, -0.1) is 0 Å². The van der Waals surface area contributed by atoms with Crippen molar-refractivity contribution >= 4 is 5.97 Å². The van der Waals surface area contributed by atoms with Crippen LogP contribution < -0.4 is 10.3 Å². The van der Waals surface area contributed by atoms with Gasteiger partial charge in [0.2, 0.25) is 0 Å². The molecule has 86 valence electrons. The molecular formula is C10H12N2O4. The van der Waals surface area contributed by atoms with Gasteiger partial charge in [-0.05, 0) is 6.92 Å². The predicted octanol–water partition coefficient (Wildman–Crippen LogP) is 0.201. The van der Waals surface area contributed by atoms with Gasteiger partial charge in [0.1, 0.15) is 0 Å². The number of carbonyl (C=O) groups is 1. The molecule has 6 nitrogen and oxygen atoms in total. The van der Waals surface area contributed by atoms with E-state index in [0.717, 1.165) is 6.08 Å². The van der Waals surface area contributed by atoms with Gasteiger partial charge < -0.3 is 9.84 Å². The molecule has 0 atom stereocenters. The number of aryl methyl sites for hydroxylation is 1. The maximum Gasteiger partial charge on any atom is 0.328 e. The highest BCUT2D eigenvalue weighted by Gasteiger charge is 2.05. The molecule has 6 heteroatoms. The Kier molecular flexibility index (Phi) is 3.82. The lowest BCUT2D eigenvalue weighted by Gasteiger charge is -2.08. The number of hydrogen-bond donors (Lipinski definition) is 1. The molecule has 1 heterocycles. The smallest absolute Gasteiger partial charge is 0.328 e. The maximum absolute atomic E-state index is 11.6. The second-order valence-electron chi connectivity index (χ2n) is 3.07. The van der Waals surface area contributed by atoms with Gasteiger partial charge in [0, 0.05) is 24.4 Å². The second kappa shape index (κ2) is 5.11. The van der Waals surface area contributed by atoms with Crippen LogP contribution in [0.2, 0.25) is 0 Å². The number of methoxy groups -OCH3 is 1. The van der Waals surface area contributed by atoms with Crippen molar-refractivity contribution < 1.29 is 14.6 Å². The molecule has 0 aliphatic rings. The lowest BCUT2D eigenvalue weighted by atomic mass is 10.4. The number of aromatic nitrogens is 2. The first kappa shape index (κ1) is 12.0. The fourth-order valence-electron chi connectivity index (χ4n) is 1.18. The van der Waals surface area contributed by atoms with Crippen molar-refractivity contribution in [3.05, 3.63) is 34.3 Å². The lowest BCUT2D eigenvalue weighted by molar-refractivity contribution is -0.131. The van der Waals surface area contributed by atoms with Crippen LogP contribution in [0.4, 0.5) is 0 Å². The number of rotatable bonds is 4. The Morgan fingerprint density at radius 1 is 1.69 bits per heavy atom. The minimum absolute atomic E-state index is 0.113. The molecule has 0 radical (unpaired) electrons. The number of carboxylic acid groups (broad SMARTS) is 1. The molecule has 0 bridgehead atoms. The molecule has 0 fully saturated rings. The number of aliphatic carboxylic acids is 1. The molecule has 1 aromatic heterocycles. The second-order valence-corrected chi connectivity index (χ2v) is 3.07. The summed E-state index contributed by atoms with van der Waals surface area (Å²) >= 11 is 0. The van der Waals surface area contributed by atoms with Gasteiger partial charge in [0.05, 0.1) is 7.11 Å². The van der Waals surface area contributed by atoms with Crippen LogP contribution in [0.3, 0.4) is 0 Å². The molecule has 0 amide bonds. The summed E-state index contributed by atoms with van der Waals surface area (Å²) in [5.74, 6) is -1.06. The molecular weight excluding hydrogens is 212 g/mol. The molecule has 1 rings (SSSR count). The van der Waals surface area contributed by atoms with E-state index in [2.05, 4.69) is 4.98 Å². The Balaban J connectivity index is 3.03. The van der Waals surface area contributed by atoms with Crippen LogP contribution in [0.5, 0.6) is 6.01 Å².